The molecule has 0 bridgehead atoms. The summed E-state index contributed by atoms with van der Waals surface area (Å²) in [4.78, 5) is 35.1. The first kappa shape index (κ1) is 19.9. The van der Waals surface area contributed by atoms with E-state index in [1.807, 2.05) is 0 Å². The summed E-state index contributed by atoms with van der Waals surface area (Å²) in [6, 6.07) is 8.26. The third-order valence-corrected chi connectivity index (χ3v) is 3.83. The number of carbonyl (C=O) groups is 2. The van der Waals surface area contributed by atoms with E-state index in [4.69, 9.17) is 14.2 Å². The van der Waals surface area contributed by atoms with E-state index in [-0.39, 0.29) is 29.8 Å². The highest BCUT2D eigenvalue weighted by atomic mass is 16.6. The van der Waals surface area contributed by atoms with Crippen molar-refractivity contribution < 1.29 is 28.7 Å². The van der Waals surface area contributed by atoms with Crippen molar-refractivity contribution in [2.24, 2.45) is 0 Å². The van der Waals surface area contributed by atoms with Crippen molar-refractivity contribution in [1.82, 2.24) is 0 Å². The summed E-state index contributed by atoms with van der Waals surface area (Å²) in [6.07, 6.45) is -0.123. The largest absolute Gasteiger partial charge is 0.493 e. The highest BCUT2D eigenvalue weighted by Gasteiger charge is 2.21. The van der Waals surface area contributed by atoms with E-state index in [1.165, 1.54) is 44.6 Å². The van der Waals surface area contributed by atoms with Crippen LogP contribution in [-0.2, 0) is 16.0 Å². The van der Waals surface area contributed by atoms with E-state index >= 15 is 0 Å². The molecule has 2 rings (SSSR count). The number of carbonyl (C=O) groups excluding carboxylic acids is 2. The van der Waals surface area contributed by atoms with Gasteiger partial charge >= 0.3 is 5.97 Å². The van der Waals surface area contributed by atoms with Crippen LogP contribution >= 0.6 is 0 Å². The topological polar surface area (TPSA) is 105 Å². The molecular weight excluding hydrogens is 354 g/mol. The molecule has 8 nitrogen and oxygen atoms in total. The number of rotatable bonds is 8. The molecule has 2 aromatic rings. The summed E-state index contributed by atoms with van der Waals surface area (Å²) in [5.74, 6) is -0.181. The summed E-state index contributed by atoms with van der Waals surface area (Å²) in [5, 5.41) is 10.8. The number of non-ortho nitro benzene ring substituents is 1. The lowest BCUT2D eigenvalue weighted by Crippen LogP contribution is -2.13. The Bertz CT molecular complexity index is 859. The van der Waals surface area contributed by atoms with E-state index in [0.717, 1.165) is 0 Å². The second-order valence-corrected chi connectivity index (χ2v) is 5.48. The van der Waals surface area contributed by atoms with Gasteiger partial charge in [-0.15, -0.1) is 0 Å². The summed E-state index contributed by atoms with van der Waals surface area (Å²) >= 11 is 0. The first-order chi connectivity index (χ1) is 12.9. The van der Waals surface area contributed by atoms with Crippen molar-refractivity contribution in [1.29, 1.82) is 0 Å². The molecule has 142 valence electrons. The van der Waals surface area contributed by atoms with Gasteiger partial charge in [-0.1, -0.05) is 0 Å². The Morgan fingerprint density at radius 2 is 1.63 bits per heavy atom. The fourth-order valence-electron chi connectivity index (χ4n) is 2.54. The number of ether oxygens (including phenoxy) is 3. The molecule has 0 aliphatic carbocycles. The number of methoxy groups -OCH3 is 2. The van der Waals surface area contributed by atoms with Gasteiger partial charge in [0.05, 0.1) is 32.2 Å². The smallest absolute Gasteiger partial charge is 0.310 e. The third kappa shape index (κ3) is 4.60. The van der Waals surface area contributed by atoms with Gasteiger partial charge < -0.3 is 14.2 Å². The SMILES string of the molecule is CCOC(=O)Cc1cc(OC)c(OC)cc1C(=O)c1ccc([N+](=O)[O-])cc1. The minimum Gasteiger partial charge on any atom is -0.493 e. The molecule has 27 heavy (non-hydrogen) atoms. The van der Waals surface area contributed by atoms with Crippen LogP contribution in [0.15, 0.2) is 36.4 Å². The molecule has 2 aromatic carbocycles. The van der Waals surface area contributed by atoms with Crippen molar-refractivity contribution in [3.05, 3.63) is 63.2 Å². The standard InChI is InChI=1S/C19H19NO7/c1-4-27-18(21)10-13-9-16(25-2)17(26-3)11-15(13)19(22)12-5-7-14(8-6-12)20(23)24/h5-9,11H,4,10H2,1-3H3. The van der Waals surface area contributed by atoms with Crippen molar-refractivity contribution >= 4 is 17.4 Å². The van der Waals surface area contributed by atoms with Gasteiger partial charge in [0, 0.05) is 23.3 Å². The van der Waals surface area contributed by atoms with Crippen LogP contribution in [0.3, 0.4) is 0 Å². The maximum absolute atomic E-state index is 12.9. The van der Waals surface area contributed by atoms with Crippen LogP contribution in [0.5, 0.6) is 11.5 Å². The zero-order valence-electron chi connectivity index (χ0n) is 15.2. The predicted octanol–water partition coefficient (Wildman–Crippen LogP) is 2.95. The summed E-state index contributed by atoms with van der Waals surface area (Å²) in [7, 11) is 2.88. The molecule has 0 unspecified atom stereocenters. The maximum atomic E-state index is 12.9. The minimum atomic E-state index is -0.545. The zero-order valence-corrected chi connectivity index (χ0v) is 15.2. The average Bonchev–Trinajstić information content (AvgIpc) is 2.67. The van der Waals surface area contributed by atoms with Gasteiger partial charge in [0.2, 0.25) is 0 Å². The number of esters is 1. The molecule has 8 heteroatoms. The molecule has 0 spiro atoms. The highest BCUT2D eigenvalue weighted by Crippen LogP contribution is 2.32. The van der Waals surface area contributed by atoms with Gasteiger partial charge in [0.1, 0.15) is 0 Å². The van der Waals surface area contributed by atoms with Crippen LogP contribution in [0.2, 0.25) is 0 Å². The summed E-state index contributed by atoms with van der Waals surface area (Å²) < 4.78 is 15.4. The highest BCUT2D eigenvalue weighted by molar-refractivity contribution is 6.10. The predicted molar refractivity (Wildman–Crippen MR) is 96.4 cm³/mol. The minimum absolute atomic E-state index is 0.120. The first-order valence-corrected chi connectivity index (χ1v) is 8.10. The van der Waals surface area contributed by atoms with E-state index in [2.05, 4.69) is 0 Å². The Kier molecular flexibility index (Phi) is 6.48. The lowest BCUT2D eigenvalue weighted by molar-refractivity contribution is -0.384. The lowest BCUT2D eigenvalue weighted by atomic mass is 9.95. The molecule has 0 radical (unpaired) electrons. The Balaban J connectivity index is 2.49. The van der Waals surface area contributed by atoms with Gasteiger partial charge in [-0.25, -0.2) is 0 Å². The lowest BCUT2D eigenvalue weighted by Gasteiger charge is -2.14. The first-order valence-electron chi connectivity index (χ1n) is 8.10. The van der Waals surface area contributed by atoms with Crippen molar-refractivity contribution in [3.8, 4) is 11.5 Å². The molecule has 0 heterocycles. The number of ketones is 1. The monoisotopic (exact) mass is 373 g/mol. The zero-order chi connectivity index (χ0) is 20.0. The molecule has 0 saturated heterocycles. The Labute approximate surface area is 155 Å². The molecular formula is C19H19NO7. The maximum Gasteiger partial charge on any atom is 0.310 e. The number of hydrogen-bond donors (Lipinski definition) is 0. The van der Waals surface area contributed by atoms with E-state index < -0.39 is 16.7 Å². The fraction of sp³-hybridized carbons (Fsp3) is 0.263. The van der Waals surface area contributed by atoms with Crippen molar-refractivity contribution in [2.45, 2.75) is 13.3 Å². The number of nitro groups is 1. The Hall–Kier alpha value is -3.42. The normalized spacial score (nSPS) is 10.2. The molecule has 0 aliphatic rings. The number of nitro benzene ring substituents is 1. The van der Waals surface area contributed by atoms with Gasteiger partial charge in [-0.05, 0) is 36.8 Å². The van der Waals surface area contributed by atoms with E-state index in [1.54, 1.807) is 13.0 Å². The van der Waals surface area contributed by atoms with Gasteiger partial charge in [-0.3, -0.25) is 19.7 Å². The van der Waals surface area contributed by atoms with Crippen molar-refractivity contribution in [3.63, 3.8) is 0 Å². The van der Waals surface area contributed by atoms with Crippen LogP contribution in [-0.4, -0.2) is 37.5 Å². The molecule has 0 atom stereocenters. The molecule has 0 N–H and O–H groups in total. The van der Waals surface area contributed by atoms with Crippen LogP contribution in [0.1, 0.15) is 28.4 Å². The fourth-order valence-corrected chi connectivity index (χ4v) is 2.54. The Morgan fingerprint density at radius 1 is 1.04 bits per heavy atom. The second-order valence-electron chi connectivity index (χ2n) is 5.48. The second kappa shape index (κ2) is 8.79. The van der Waals surface area contributed by atoms with Crippen LogP contribution in [0, 0.1) is 10.1 Å². The average molecular weight is 373 g/mol. The molecule has 0 aromatic heterocycles. The quantitative estimate of drug-likeness (QED) is 0.303. The van der Waals surface area contributed by atoms with Crippen LogP contribution in [0.4, 0.5) is 5.69 Å². The molecule has 0 saturated carbocycles. The number of benzene rings is 2. The van der Waals surface area contributed by atoms with Crippen molar-refractivity contribution in [2.75, 3.05) is 20.8 Å². The van der Waals surface area contributed by atoms with Crippen LogP contribution in [0.25, 0.3) is 0 Å². The number of hydrogen-bond acceptors (Lipinski definition) is 7. The third-order valence-electron chi connectivity index (χ3n) is 3.83. The molecule has 0 amide bonds. The molecule has 0 aliphatic heterocycles. The Morgan fingerprint density at radius 3 is 2.15 bits per heavy atom. The van der Waals surface area contributed by atoms with Gasteiger partial charge in [0.15, 0.2) is 17.3 Å². The number of nitrogens with zero attached hydrogens (tertiary/aromatic N) is 1. The summed E-state index contributed by atoms with van der Waals surface area (Å²) in [6.45, 7) is 1.91. The van der Waals surface area contributed by atoms with Crippen LogP contribution < -0.4 is 9.47 Å². The van der Waals surface area contributed by atoms with Gasteiger partial charge in [-0.2, -0.15) is 0 Å². The van der Waals surface area contributed by atoms with Gasteiger partial charge in [0.25, 0.3) is 5.69 Å². The van der Waals surface area contributed by atoms with E-state index in [9.17, 15) is 19.7 Å². The molecule has 0 fully saturated rings. The van der Waals surface area contributed by atoms with E-state index in [0.29, 0.717) is 17.1 Å². The summed E-state index contributed by atoms with van der Waals surface area (Å²) in [5.41, 5.74) is 0.771.